The van der Waals surface area contributed by atoms with Crippen molar-refractivity contribution in [3.63, 3.8) is 0 Å². The van der Waals surface area contributed by atoms with E-state index < -0.39 is 11.6 Å². The van der Waals surface area contributed by atoms with E-state index >= 15 is 0 Å². The van der Waals surface area contributed by atoms with Crippen LogP contribution in [0.2, 0.25) is 0 Å². The third-order valence-corrected chi connectivity index (χ3v) is 5.50. The fourth-order valence-electron chi connectivity index (χ4n) is 4.13. The number of aliphatic hydroxyl groups excluding tert-OH is 1. The predicted molar refractivity (Wildman–Crippen MR) is 92.9 cm³/mol. The minimum atomic E-state index is -0.726. The third-order valence-electron chi connectivity index (χ3n) is 5.50. The number of rotatable bonds is 4. The van der Waals surface area contributed by atoms with Crippen LogP contribution < -0.4 is 0 Å². The Morgan fingerprint density at radius 1 is 1.27 bits per heavy atom. The molecule has 2 N–H and O–H groups in total. The summed E-state index contributed by atoms with van der Waals surface area (Å²) in [6.07, 6.45) is 3.12. The molecule has 7 heteroatoms. The molecule has 0 saturated carbocycles. The van der Waals surface area contributed by atoms with Gasteiger partial charge in [0.05, 0.1) is 13.0 Å². The Balaban J connectivity index is 1.66. The molecule has 1 atom stereocenters. The summed E-state index contributed by atoms with van der Waals surface area (Å²) in [6, 6.07) is 4.00. The fourth-order valence-corrected chi connectivity index (χ4v) is 4.13. The van der Waals surface area contributed by atoms with Gasteiger partial charge in [0.25, 0.3) is 0 Å². The molecule has 1 aromatic carbocycles. The molecule has 0 aliphatic carbocycles. The van der Waals surface area contributed by atoms with Crippen LogP contribution >= 0.6 is 0 Å². The number of likely N-dealkylation sites (tertiary alicyclic amines) is 2. The number of piperidine rings is 2. The van der Waals surface area contributed by atoms with Crippen LogP contribution in [0.4, 0.5) is 4.39 Å². The molecule has 0 unspecified atom stereocenters. The molecule has 2 aliphatic heterocycles. The molecule has 2 fully saturated rings. The summed E-state index contributed by atoms with van der Waals surface area (Å²) in [5.41, 5.74) is 0.419. The van der Waals surface area contributed by atoms with Gasteiger partial charge in [-0.2, -0.15) is 0 Å². The van der Waals surface area contributed by atoms with Crippen molar-refractivity contribution in [3.05, 3.63) is 29.6 Å². The van der Waals surface area contributed by atoms with Gasteiger partial charge in [-0.1, -0.05) is 6.07 Å². The molecule has 1 spiro atoms. The summed E-state index contributed by atoms with van der Waals surface area (Å²) >= 11 is 0. The van der Waals surface area contributed by atoms with Gasteiger partial charge in [0.15, 0.2) is 11.6 Å². The van der Waals surface area contributed by atoms with E-state index in [4.69, 9.17) is 5.11 Å². The van der Waals surface area contributed by atoms with Crippen LogP contribution in [0.25, 0.3) is 0 Å². The van der Waals surface area contributed by atoms with Crippen molar-refractivity contribution in [1.29, 1.82) is 0 Å². The van der Waals surface area contributed by atoms with Gasteiger partial charge in [-0.05, 0) is 37.0 Å². The van der Waals surface area contributed by atoms with Crippen molar-refractivity contribution in [3.8, 4) is 5.75 Å². The minimum absolute atomic E-state index is 0.0586. The standard InChI is InChI=1S/C19H25FN2O4/c20-15-10-14(2-3-16(15)24)11-18(26)21-7-1-5-19(12-21)6-4-17(25)22(13-19)8-9-23/h2-3,10,23-24H,1,4-9,11-13H2/t19-/m1/s1. The first-order valence-corrected chi connectivity index (χ1v) is 9.06. The monoisotopic (exact) mass is 364 g/mol. The van der Waals surface area contributed by atoms with Gasteiger partial charge >= 0.3 is 0 Å². The van der Waals surface area contributed by atoms with Crippen LogP contribution in [0.5, 0.6) is 5.75 Å². The lowest BCUT2D eigenvalue weighted by Gasteiger charge is -2.48. The largest absolute Gasteiger partial charge is 0.505 e. The molecule has 6 nitrogen and oxygen atoms in total. The maximum absolute atomic E-state index is 13.5. The SMILES string of the molecule is O=C1CC[C@@]2(CCCN(C(=O)Cc3ccc(O)c(F)c3)C2)CN1CCO. The average molecular weight is 364 g/mol. The molecule has 0 aromatic heterocycles. The zero-order valence-electron chi connectivity index (χ0n) is 14.8. The Kier molecular flexibility index (Phi) is 5.46. The van der Waals surface area contributed by atoms with E-state index in [0.717, 1.165) is 19.3 Å². The predicted octanol–water partition coefficient (Wildman–Crippen LogP) is 1.30. The van der Waals surface area contributed by atoms with Gasteiger partial charge in [0.2, 0.25) is 11.8 Å². The van der Waals surface area contributed by atoms with Gasteiger partial charge in [0.1, 0.15) is 0 Å². The Morgan fingerprint density at radius 2 is 2.08 bits per heavy atom. The van der Waals surface area contributed by atoms with Crippen LogP contribution in [0.15, 0.2) is 18.2 Å². The van der Waals surface area contributed by atoms with Crippen molar-refractivity contribution in [2.75, 3.05) is 32.8 Å². The second kappa shape index (κ2) is 7.61. The number of halogens is 1. The quantitative estimate of drug-likeness (QED) is 0.844. The van der Waals surface area contributed by atoms with Crippen LogP contribution in [0, 0.1) is 11.2 Å². The number of phenols is 1. The highest BCUT2D eigenvalue weighted by atomic mass is 19.1. The smallest absolute Gasteiger partial charge is 0.227 e. The molecule has 2 heterocycles. The number of phenolic OH excluding ortho intramolecular Hbond substituents is 1. The van der Waals surface area contributed by atoms with E-state index in [0.29, 0.717) is 38.2 Å². The van der Waals surface area contributed by atoms with Crippen molar-refractivity contribution in [1.82, 2.24) is 9.80 Å². The van der Waals surface area contributed by atoms with E-state index in [1.807, 2.05) is 0 Å². The molecule has 3 rings (SSSR count). The highest BCUT2D eigenvalue weighted by Crippen LogP contribution is 2.39. The lowest BCUT2D eigenvalue weighted by atomic mass is 9.73. The Bertz CT molecular complexity index is 696. The van der Waals surface area contributed by atoms with Crippen molar-refractivity contribution < 1.29 is 24.2 Å². The van der Waals surface area contributed by atoms with Gasteiger partial charge in [0, 0.05) is 38.0 Å². The molecule has 0 radical (unpaired) electrons. The summed E-state index contributed by atoms with van der Waals surface area (Å²) in [5, 5.41) is 18.4. The van der Waals surface area contributed by atoms with Crippen molar-refractivity contribution in [2.24, 2.45) is 5.41 Å². The highest BCUT2D eigenvalue weighted by molar-refractivity contribution is 5.79. The van der Waals surface area contributed by atoms with Crippen molar-refractivity contribution in [2.45, 2.75) is 32.1 Å². The first-order chi connectivity index (χ1) is 12.4. The first-order valence-electron chi connectivity index (χ1n) is 9.06. The third kappa shape index (κ3) is 3.98. The topological polar surface area (TPSA) is 81.1 Å². The Morgan fingerprint density at radius 3 is 2.81 bits per heavy atom. The molecular weight excluding hydrogens is 339 g/mol. The lowest BCUT2D eigenvalue weighted by Crippen LogP contribution is -2.55. The summed E-state index contributed by atoms with van der Waals surface area (Å²) in [6.45, 7) is 2.10. The van der Waals surface area contributed by atoms with Gasteiger partial charge in [-0.25, -0.2) is 4.39 Å². The van der Waals surface area contributed by atoms with Crippen LogP contribution in [0.1, 0.15) is 31.2 Å². The average Bonchev–Trinajstić information content (AvgIpc) is 2.62. The first kappa shape index (κ1) is 18.6. The molecule has 142 valence electrons. The van der Waals surface area contributed by atoms with Gasteiger partial charge in [-0.3, -0.25) is 9.59 Å². The number of carbonyl (C=O) groups excluding carboxylic acids is 2. The number of aromatic hydroxyl groups is 1. The maximum atomic E-state index is 13.5. The van der Waals surface area contributed by atoms with Crippen LogP contribution in [-0.2, 0) is 16.0 Å². The summed E-state index contributed by atoms with van der Waals surface area (Å²) < 4.78 is 13.5. The molecule has 26 heavy (non-hydrogen) atoms. The Labute approximate surface area is 152 Å². The molecule has 2 amide bonds. The number of hydrogen-bond donors (Lipinski definition) is 2. The second-order valence-corrected chi connectivity index (χ2v) is 7.42. The number of amides is 2. The number of carbonyl (C=O) groups is 2. The molecule has 2 aliphatic rings. The summed E-state index contributed by atoms with van der Waals surface area (Å²) in [7, 11) is 0. The Hall–Kier alpha value is -2.15. The van der Waals surface area contributed by atoms with E-state index in [2.05, 4.69) is 0 Å². The van der Waals surface area contributed by atoms with Crippen LogP contribution in [0.3, 0.4) is 0 Å². The normalized spacial score (nSPS) is 23.5. The van der Waals surface area contributed by atoms with E-state index in [9.17, 15) is 19.1 Å². The molecule has 2 saturated heterocycles. The fraction of sp³-hybridized carbons (Fsp3) is 0.579. The molecule has 0 bridgehead atoms. The van der Waals surface area contributed by atoms with E-state index in [-0.39, 0.29) is 30.3 Å². The highest BCUT2D eigenvalue weighted by Gasteiger charge is 2.42. The minimum Gasteiger partial charge on any atom is -0.505 e. The number of aliphatic hydroxyl groups is 1. The zero-order chi connectivity index (χ0) is 18.7. The molecule has 1 aromatic rings. The van der Waals surface area contributed by atoms with E-state index in [1.54, 1.807) is 15.9 Å². The summed E-state index contributed by atoms with van der Waals surface area (Å²) in [4.78, 5) is 28.2. The number of benzene rings is 1. The summed E-state index contributed by atoms with van der Waals surface area (Å²) in [5.74, 6) is -1.16. The van der Waals surface area contributed by atoms with Gasteiger partial charge in [-0.15, -0.1) is 0 Å². The van der Waals surface area contributed by atoms with Crippen LogP contribution in [-0.4, -0.2) is 64.6 Å². The second-order valence-electron chi connectivity index (χ2n) is 7.42. The van der Waals surface area contributed by atoms with Gasteiger partial charge < -0.3 is 20.0 Å². The van der Waals surface area contributed by atoms with E-state index in [1.165, 1.54) is 12.1 Å². The molecular formula is C19H25FN2O4. The number of hydrogen-bond acceptors (Lipinski definition) is 4. The number of β-amino-alcohol motifs (C(OH)–C–C–N with tert-alkyl or cyclic N) is 1. The number of nitrogens with zero attached hydrogens (tertiary/aromatic N) is 2. The zero-order valence-corrected chi connectivity index (χ0v) is 14.8. The lowest BCUT2D eigenvalue weighted by molar-refractivity contribution is -0.143. The maximum Gasteiger partial charge on any atom is 0.227 e. The van der Waals surface area contributed by atoms with Crippen molar-refractivity contribution >= 4 is 11.8 Å².